The molecule has 3 heterocycles. The molecule has 0 aliphatic carbocycles. The number of rotatable bonds is 4. The van der Waals surface area contributed by atoms with Crippen molar-refractivity contribution in [3.63, 3.8) is 0 Å². The number of halogens is 3. The molecule has 0 radical (unpaired) electrons. The van der Waals surface area contributed by atoms with Crippen LogP contribution >= 0.6 is 11.3 Å². The molecule has 1 aliphatic rings. The van der Waals surface area contributed by atoms with Gasteiger partial charge in [0.15, 0.2) is 5.60 Å². The van der Waals surface area contributed by atoms with Crippen LogP contribution in [0.25, 0.3) is 10.4 Å². The minimum Gasteiger partial charge on any atom is -0.378 e. The van der Waals surface area contributed by atoms with Gasteiger partial charge >= 0.3 is 6.18 Å². The van der Waals surface area contributed by atoms with Crippen LogP contribution in [0.1, 0.15) is 10.7 Å². The highest BCUT2D eigenvalue weighted by Crippen LogP contribution is 2.36. The molecular weight excluding hydrogens is 381 g/mol. The number of anilines is 2. The van der Waals surface area contributed by atoms with Gasteiger partial charge in [-0.15, -0.1) is 11.3 Å². The Kier molecular flexibility index (Phi) is 4.33. The van der Waals surface area contributed by atoms with Crippen LogP contribution in [0.15, 0.2) is 42.7 Å². The van der Waals surface area contributed by atoms with Gasteiger partial charge in [0.1, 0.15) is 10.7 Å². The molecule has 0 atom stereocenters. The van der Waals surface area contributed by atoms with Crippen LogP contribution < -0.4 is 5.32 Å². The summed E-state index contributed by atoms with van der Waals surface area (Å²) in [6.07, 6.45) is -1.83. The fraction of sp³-hybridized carbons (Fsp3) is 0.235. The van der Waals surface area contributed by atoms with E-state index in [0.717, 1.165) is 22.7 Å². The molecule has 2 N–H and O–H groups in total. The largest absolute Gasteiger partial charge is 0.433 e. The van der Waals surface area contributed by atoms with Crippen molar-refractivity contribution in [3.05, 3.63) is 53.4 Å². The summed E-state index contributed by atoms with van der Waals surface area (Å²) in [6, 6.07) is 7.86. The van der Waals surface area contributed by atoms with Crippen LogP contribution in [-0.2, 0) is 16.5 Å². The highest BCUT2D eigenvalue weighted by Gasteiger charge is 2.41. The maximum atomic E-state index is 12.8. The van der Waals surface area contributed by atoms with E-state index in [9.17, 15) is 18.3 Å². The fourth-order valence-corrected chi connectivity index (χ4v) is 3.47. The minimum absolute atomic E-state index is 0.145. The van der Waals surface area contributed by atoms with Crippen molar-refractivity contribution in [2.75, 3.05) is 18.5 Å². The van der Waals surface area contributed by atoms with Crippen LogP contribution in [0.3, 0.4) is 0 Å². The van der Waals surface area contributed by atoms with E-state index in [0.29, 0.717) is 10.7 Å². The maximum absolute atomic E-state index is 12.8. The molecule has 10 heteroatoms. The van der Waals surface area contributed by atoms with Crippen molar-refractivity contribution in [3.8, 4) is 10.4 Å². The van der Waals surface area contributed by atoms with E-state index in [1.807, 2.05) is 6.07 Å². The Morgan fingerprint density at radius 1 is 1.19 bits per heavy atom. The second kappa shape index (κ2) is 6.55. The molecule has 140 valence electrons. The summed E-state index contributed by atoms with van der Waals surface area (Å²) in [5.41, 5.74) is -0.712. The van der Waals surface area contributed by atoms with E-state index < -0.39 is 17.5 Å². The number of aromatic nitrogens is 3. The smallest absolute Gasteiger partial charge is 0.378 e. The van der Waals surface area contributed by atoms with Crippen LogP contribution in [0.5, 0.6) is 0 Å². The van der Waals surface area contributed by atoms with Crippen molar-refractivity contribution in [1.29, 1.82) is 0 Å². The van der Waals surface area contributed by atoms with E-state index in [2.05, 4.69) is 20.3 Å². The predicted octanol–water partition coefficient (Wildman–Crippen LogP) is 3.58. The first-order chi connectivity index (χ1) is 12.8. The van der Waals surface area contributed by atoms with Gasteiger partial charge in [-0.25, -0.2) is 15.0 Å². The summed E-state index contributed by atoms with van der Waals surface area (Å²) in [5, 5.41) is 13.6. The molecule has 3 aromatic rings. The van der Waals surface area contributed by atoms with E-state index in [1.54, 1.807) is 24.4 Å². The topological polar surface area (TPSA) is 80.2 Å². The zero-order chi connectivity index (χ0) is 19.1. The second-order valence-electron chi connectivity index (χ2n) is 6.02. The molecule has 4 rings (SSSR count). The summed E-state index contributed by atoms with van der Waals surface area (Å²) < 4.78 is 43.4. The van der Waals surface area contributed by atoms with Crippen molar-refractivity contribution in [2.45, 2.75) is 11.8 Å². The van der Waals surface area contributed by atoms with Crippen molar-refractivity contribution in [2.24, 2.45) is 0 Å². The Morgan fingerprint density at radius 3 is 2.70 bits per heavy atom. The first-order valence-corrected chi connectivity index (χ1v) is 8.69. The maximum Gasteiger partial charge on any atom is 0.433 e. The molecule has 0 amide bonds. The number of thiazole rings is 1. The Hall–Kier alpha value is -2.56. The van der Waals surface area contributed by atoms with Gasteiger partial charge in [0.2, 0.25) is 5.95 Å². The zero-order valence-corrected chi connectivity index (χ0v) is 14.5. The van der Waals surface area contributed by atoms with Crippen LogP contribution in [-0.4, -0.2) is 33.3 Å². The number of nitrogens with one attached hydrogen (secondary N) is 1. The van der Waals surface area contributed by atoms with Crippen LogP contribution in [0.2, 0.25) is 0 Å². The number of benzene rings is 1. The van der Waals surface area contributed by atoms with Crippen molar-refractivity contribution in [1.82, 2.24) is 15.0 Å². The van der Waals surface area contributed by atoms with E-state index in [1.165, 1.54) is 11.3 Å². The summed E-state index contributed by atoms with van der Waals surface area (Å²) >= 11 is 1.34. The minimum atomic E-state index is -4.54. The average Bonchev–Trinajstić information content (AvgIpc) is 3.10. The van der Waals surface area contributed by atoms with Gasteiger partial charge in [-0.05, 0) is 23.8 Å². The highest BCUT2D eigenvalue weighted by atomic mass is 32.1. The zero-order valence-electron chi connectivity index (χ0n) is 13.7. The molecule has 27 heavy (non-hydrogen) atoms. The number of nitrogens with zero attached hydrogens (tertiary/aromatic N) is 3. The van der Waals surface area contributed by atoms with E-state index in [4.69, 9.17) is 4.74 Å². The van der Waals surface area contributed by atoms with Gasteiger partial charge in [-0.1, -0.05) is 12.1 Å². The standard InChI is InChI=1S/C17H13F3N4O2S/c18-17(19,20)13-4-5-21-15(24-13)23-11-3-1-2-10(6-11)12-7-22-14(27-12)16(25)8-26-9-16/h1-7,25H,8-9H2,(H,21,23,24). The van der Waals surface area contributed by atoms with Gasteiger partial charge in [0.05, 0.1) is 18.1 Å². The molecule has 0 saturated carbocycles. The monoisotopic (exact) mass is 394 g/mol. The third kappa shape index (κ3) is 3.64. The average molecular weight is 394 g/mol. The Morgan fingerprint density at radius 2 is 2.00 bits per heavy atom. The molecule has 1 aliphatic heterocycles. The van der Waals surface area contributed by atoms with Gasteiger partial charge in [-0.2, -0.15) is 13.2 Å². The van der Waals surface area contributed by atoms with Crippen molar-refractivity contribution < 1.29 is 23.0 Å². The van der Waals surface area contributed by atoms with Crippen LogP contribution in [0, 0.1) is 0 Å². The molecular formula is C17H13F3N4O2S. The SMILES string of the molecule is OC1(c2ncc(-c3cccc(Nc4nccc(C(F)(F)F)n4)c3)s2)COC1. The molecule has 0 spiro atoms. The molecule has 1 saturated heterocycles. The summed E-state index contributed by atoms with van der Waals surface area (Å²) in [5.74, 6) is -0.145. The number of aliphatic hydroxyl groups is 1. The summed E-state index contributed by atoms with van der Waals surface area (Å²) in [6.45, 7) is 0.433. The quantitative estimate of drug-likeness (QED) is 0.704. The normalized spacial score (nSPS) is 16.0. The first kappa shape index (κ1) is 17.8. The summed E-state index contributed by atoms with van der Waals surface area (Å²) in [4.78, 5) is 12.4. The molecule has 1 aromatic carbocycles. The molecule has 0 bridgehead atoms. The number of alkyl halides is 3. The lowest BCUT2D eigenvalue weighted by Gasteiger charge is -2.34. The number of ether oxygens (including phenoxy) is 1. The molecule has 6 nitrogen and oxygen atoms in total. The Labute approximate surface area is 155 Å². The lowest BCUT2D eigenvalue weighted by atomic mass is 10.0. The van der Waals surface area contributed by atoms with Gasteiger partial charge < -0.3 is 15.2 Å². The van der Waals surface area contributed by atoms with E-state index >= 15 is 0 Å². The van der Waals surface area contributed by atoms with Crippen molar-refractivity contribution >= 4 is 23.0 Å². The predicted molar refractivity (Wildman–Crippen MR) is 92.6 cm³/mol. The Balaban J connectivity index is 1.57. The third-order valence-electron chi connectivity index (χ3n) is 3.93. The lowest BCUT2D eigenvalue weighted by Crippen LogP contribution is -2.46. The number of hydrogen-bond donors (Lipinski definition) is 2. The third-order valence-corrected chi connectivity index (χ3v) is 5.17. The van der Waals surface area contributed by atoms with Gasteiger partial charge in [0.25, 0.3) is 0 Å². The molecule has 1 fully saturated rings. The fourth-order valence-electron chi connectivity index (χ4n) is 2.50. The highest BCUT2D eigenvalue weighted by molar-refractivity contribution is 7.15. The molecule has 0 unspecified atom stereocenters. The second-order valence-corrected chi connectivity index (χ2v) is 7.05. The lowest BCUT2D eigenvalue weighted by molar-refractivity contribution is -0.184. The van der Waals surface area contributed by atoms with Gasteiger partial charge in [0, 0.05) is 18.1 Å². The van der Waals surface area contributed by atoms with Gasteiger partial charge in [-0.3, -0.25) is 0 Å². The molecule has 2 aromatic heterocycles. The van der Waals surface area contributed by atoms with E-state index in [-0.39, 0.29) is 19.2 Å². The number of hydrogen-bond acceptors (Lipinski definition) is 7. The first-order valence-electron chi connectivity index (χ1n) is 7.88. The van der Waals surface area contributed by atoms with Crippen LogP contribution in [0.4, 0.5) is 24.8 Å². The Bertz CT molecular complexity index is 973. The summed E-state index contributed by atoms with van der Waals surface area (Å²) in [7, 11) is 0.